The highest BCUT2D eigenvalue weighted by Gasteiger charge is 2.38. The topological polar surface area (TPSA) is 60.0 Å². The Morgan fingerprint density at radius 2 is 1.18 bits per heavy atom. The first kappa shape index (κ1) is 33.8. The lowest BCUT2D eigenvalue weighted by molar-refractivity contribution is 0.669. The molecule has 0 spiro atoms. The van der Waals surface area contributed by atoms with Gasteiger partial charge in [0.25, 0.3) is 0 Å². The summed E-state index contributed by atoms with van der Waals surface area (Å²) >= 11 is 0. The van der Waals surface area contributed by atoms with Crippen LogP contribution in [-0.4, -0.2) is 19.5 Å². The molecule has 13 rings (SSSR count). The van der Waals surface area contributed by atoms with E-state index in [1.165, 1.54) is 28.1 Å². The molecule has 0 bridgehead atoms. The number of hydrogen-bond donors (Lipinski definition) is 0. The highest BCUT2D eigenvalue weighted by molar-refractivity contribution is 6.16. The fourth-order valence-corrected chi connectivity index (χ4v) is 9.87. The van der Waals surface area contributed by atoms with Crippen LogP contribution in [-0.2, 0) is 6.42 Å². The van der Waals surface area contributed by atoms with Gasteiger partial charge in [0, 0.05) is 55.8 Å². The lowest BCUT2D eigenvalue weighted by Crippen LogP contribution is -2.18. The standard InChI is InChI=1S/C55H35N5O/c1-3-16-34(17-4-1)53-56-54(58-55(57-53)42-25-15-28-46-51(42)40-23-10-13-27-45(40)59(46)38-20-5-2-6-21-38)37-32-48(52-41-24-11-14-29-49(41)61-50(52)33-37)60-44-26-12-9-22-39(44)43-30-35-18-7-8-19-36(35)31-47(43)60/h1-29,31-33,43H,30H2. The van der Waals surface area contributed by atoms with Gasteiger partial charge in [-0.25, -0.2) is 15.0 Å². The zero-order chi connectivity index (χ0) is 40.0. The van der Waals surface area contributed by atoms with E-state index in [1.807, 2.05) is 24.3 Å². The molecule has 1 aliphatic carbocycles. The van der Waals surface area contributed by atoms with Crippen LogP contribution in [0, 0.1) is 0 Å². The molecule has 0 amide bonds. The summed E-state index contributed by atoms with van der Waals surface area (Å²) in [6.45, 7) is 0. The molecule has 0 saturated heterocycles. The van der Waals surface area contributed by atoms with E-state index < -0.39 is 0 Å². The van der Waals surface area contributed by atoms with E-state index in [9.17, 15) is 0 Å². The fraction of sp³-hybridized carbons (Fsp3) is 0.0364. The fourth-order valence-electron chi connectivity index (χ4n) is 9.87. The van der Waals surface area contributed by atoms with Crippen molar-refractivity contribution in [2.75, 3.05) is 4.90 Å². The Morgan fingerprint density at radius 1 is 0.492 bits per heavy atom. The minimum absolute atomic E-state index is 0.218. The largest absolute Gasteiger partial charge is 0.456 e. The zero-order valence-electron chi connectivity index (χ0n) is 32.9. The molecule has 11 aromatic rings. The second kappa shape index (κ2) is 13.2. The van der Waals surface area contributed by atoms with Crippen molar-refractivity contribution in [1.82, 2.24) is 19.5 Å². The third-order valence-corrected chi connectivity index (χ3v) is 12.5. The zero-order valence-corrected chi connectivity index (χ0v) is 32.9. The van der Waals surface area contributed by atoms with Gasteiger partial charge in [0.05, 0.1) is 22.1 Å². The van der Waals surface area contributed by atoms with Crippen LogP contribution in [0.25, 0.3) is 89.7 Å². The molecular weight excluding hydrogens is 747 g/mol. The summed E-state index contributed by atoms with van der Waals surface area (Å²) < 4.78 is 9.08. The number of fused-ring (bicyclic) bond motifs is 10. The molecule has 0 saturated carbocycles. The Morgan fingerprint density at radius 3 is 2.07 bits per heavy atom. The first-order valence-corrected chi connectivity index (χ1v) is 20.8. The second-order valence-electron chi connectivity index (χ2n) is 15.9. The van der Waals surface area contributed by atoms with Crippen molar-refractivity contribution in [3.63, 3.8) is 0 Å². The summed E-state index contributed by atoms with van der Waals surface area (Å²) in [5.74, 6) is 2.00. The number of furan rings is 1. The maximum atomic E-state index is 6.76. The van der Waals surface area contributed by atoms with Gasteiger partial charge in [-0.05, 0) is 77.7 Å². The van der Waals surface area contributed by atoms with E-state index in [-0.39, 0.29) is 5.92 Å². The van der Waals surface area contributed by atoms with Gasteiger partial charge in [0.2, 0.25) is 0 Å². The molecule has 0 radical (unpaired) electrons. The quantitative estimate of drug-likeness (QED) is 0.174. The molecule has 4 heterocycles. The molecule has 6 nitrogen and oxygen atoms in total. The molecule has 286 valence electrons. The first-order valence-electron chi connectivity index (χ1n) is 20.8. The van der Waals surface area contributed by atoms with Crippen LogP contribution in [0.4, 0.5) is 11.4 Å². The average Bonchev–Trinajstić information content (AvgIpc) is 3.98. The normalized spacial score (nSPS) is 14.4. The van der Waals surface area contributed by atoms with Gasteiger partial charge in [0.15, 0.2) is 17.5 Å². The van der Waals surface area contributed by atoms with Gasteiger partial charge in [-0.1, -0.05) is 140 Å². The predicted molar refractivity (Wildman–Crippen MR) is 247 cm³/mol. The third-order valence-electron chi connectivity index (χ3n) is 12.5. The smallest absolute Gasteiger partial charge is 0.164 e. The summed E-state index contributed by atoms with van der Waals surface area (Å²) in [6.07, 6.45) is 3.32. The van der Waals surface area contributed by atoms with Crippen LogP contribution >= 0.6 is 0 Å². The molecule has 1 unspecified atom stereocenters. The predicted octanol–water partition coefficient (Wildman–Crippen LogP) is 13.7. The lowest BCUT2D eigenvalue weighted by atomic mass is 9.84. The van der Waals surface area contributed by atoms with Crippen molar-refractivity contribution >= 4 is 61.2 Å². The van der Waals surface area contributed by atoms with E-state index in [0.29, 0.717) is 17.5 Å². The number of anilines is 2. The maximum Gasteiger partial charge on any atom is 0.164 e. The number of nitrogens with zero attached hydrogens (tertiary/aromatic N) is 5. The van der Waals surface area contributed by atoms with Gasteiger partial charge >= 0.3 is 0 Å². The van der Waals surface area contributed by atoms with E-state index in [1.54, 1.807) is 0 Å². The third kappa shape index (κ3) is 5.19. The Hall–Kier alpha value is -8.09. The van der Waals surface area contributed by atoms with Crippen LogP contribution in [0.3, 0.4) is 0 Å². The molecule has 1 aliphatic heterocycles. The Labute approximate surface area is 351 Å². The average molecular weight is 782 g/mol. The first-order chi connectivity index (χ1) is 30.2. The van der Waals surface area contributed by atoms with Crippen molar-refractivity contribution < 1.29 is 4.42 Å². The summed E-state index contributed by atoms with van der Waals surface area (Å²) in [6, 6.07) is 66.1. The number of para-hydroxylation sites is 4. The summed E-state index contributed by atoms with van der Waals surface area (Å²) in [4.78, 5) is 18.4. The highest BCUT2D eigenvalue weighted by atomic mass is 16.3. The molecule has 0 fully saturated rings. The van der Waals surface area contributed by atoms with E-state index >= 15 is 0 Å². The minimum Gasteiger partial charge on any atom is -0.456 e. The van der Waals surface area contributed by atoms with Gasteiger partial charge in [-0.3, -0.25) is 0 Å². The van der Waals surface area contributed by atoms with Crippen molar-refractivity contribution in [3.05, 3.63) is 210 Å². The highest BCUT2D eigenvalue weighted by Crippen LogP contribution is 2.54. The Bertz CT molecular complexity index is 3580. The lowest BCUT2D eigenvalue weighted by Gasteiger charge is -2.28. The Kier molecular flexibility index (Phi) is 7.33. The number of aromatic nitrogens is 4. The molecule has 8 aromatic carbocycles. The molecule has 2 aliphatic rings. The van der Waals surface area contributed by atoms with Crippen molar-refractivity contribution in [1.29, 1.82) is 0 Å². The summed E-state index contributed by atoms with van der Waals surface area (Å²) in [5, 5.41) is 4.36. The van der Waals surface area contributed by atoms with Crippen LogP contribution in [0.1, 0.15) is 22.6 Å². The number of allylic oxidation sites excluding steroid dienone is 1. The van der Waals surface area contributed by atoms with Crippen molar-refractivity contribution in [2.24, 2.45) is 0 Å². The monoisotopic (exact) mass is 781 g/mol. The molecule has 61 heavy (non-hydrogen) atoms. The van der Waals surface area contributed by atoms with Crippen LogP contribution in [0.15, 0.2) is 198 Å². The molecule has 3 aromatic heterocycles. The van der Waals surface area contributed by atoms with Crippen molar-refractivity contribution in [2.45, 2.75) is 12.3 Å². The molecule has 1 atom stereocenters. The van der Waals surface area contributed by atoms with Crippen LogP contribution < -0.4 is 4.90 Å². The van der Waals surface area contributed by atoms with Crippen LogP contribution in [0.2, 0.25) is 0 Å². The SMILES string of the molecule is C1=C2C(Cc3ccccc31)c1ccccc1N2c1cc(-c2nc(-c3ccccc3)nc(-c3cccc4c3c3ccccc3n4-c3ccccc3)n2)cc2oc3ccccc3c12. The van der Waals surface area contributed by atoms with Gasteiger partial charge in [-0.15, -0.1) is 0 Å². The minimum atomic E-state index is 0.218. The second-order valence-corrected chi connectivity index (χ2v) is 15.9. The van der Waals surface area contributed by atoms with Gasteiger partial charge in [0.1, 0.15) is 11.2 Å². The van der Waals surface area contributed by atoms with Gasteiger partial charge < -0.3 is 13.9 Å². The van der Waals surface area contributed by atoms with E-state index in [0.717, 1.165) is 78.2 Å². The van der Waals surface area contributed by atoms with E-state index in [4.69, 9.17) is 19.4 Å². The molecule has 0 N–H and O–H groups in total. The van der Waals surface area contributed by atoms with Crippen LogP contribution in [0.5, 0.6) is 0 Å². The van der Waals surface area contributed by atoms with Gasteiger partial charge in [-0.2, -0.15) is 0 Å². The Balaban J connectivity index is 1.08. The van der Waals surface area contributed by atoms with E-state index in [2.05, 4.69) is 179 Å². The van der Waals surface area contributed by atoms with Crippen molar-refractivity contribution in [3.8, 4) is 39.9 Å². The summed E-state index contributed by atoms with van der Waals surface area (Å²) in [7, 11) is 0. The number of hydrogen-bond acceptors (Lipinski definition) is 5. The number of rotatable bonds is 5. The number of benzene rings is 8. The molecule has 6 heteroatoms. The summed E-state index contributed by atoms with van der Waals surface area (Å²) in [5.41, 5.74) is 15.1. The maximum absolute atomic E-state index is 6.76. The molecular formula is C55H35N5O.